The van der Waals surface area contributed by atoms with Gasteiger partial charge in [0.1, 0.15) is 11.9 Å². The molecule has 0 radical (unpaired) electrons. The predicted octanol–water partition coefficient (Wildman–Crippen LogP) is 1.94. The van der Waals surface area contributed by atoms with Crippen LogP contribution >= 0.6 is 0 Å². The first-order chi connectivity index (χ1) is 13.8. The van der Waals surface area contributed by atoms with Crippen molar-refractivity contribution in [3.63, 3.8) is 0 Å². The molecule has 10 heteroatoms. The summed E-state index contributed by atoms with van der Waals surface area (Å²) in [5.74, 6) is -0.405. The lowest BCUT2D eigenvalue weighted by Crippen LogP contribution is -2.41. The van der Waals surface area contributed by atoms with Crippen LogP contribution in [0.15, 0.2) is 18.3 Å². The van der Waals surface area contributed by atoms with E-state index in [-0.39, 0.29) is 12.6 Å². The molecule has 152 valence electrons. The molecule has 3 aliphatic heterocycles. The van der Waals surface area contributed by atoms with Gasteiger partial charge in [-0.1, -0.05) is 0 Å². The van der Waals surface area contributed by atoms with E-state index in [0.29, 0.717) is 30.9 Å². The summed E-state index contributed by atoms with van der Waals surface area (Å²) in [6.07, 6.45) is 0.181. The van der Waals surface area contributed by atoms with Crippen molar-refractivity contribution in [3.8, 4) is 0 Å². The number of amides is 2. The van der Waals surface area contributed by atoms with Crippen LogP contribution in [0.4, 0.5) is 25.4 Å². The van der Waals surface area contributed by atoms with Crippen LogP contribution in [0.5, 0.6) is 0 Å². The first kappa shape index (κ1) is 17.8. The van der Waals surface area contributed by atoms with E-state index in [0.717, 1.165) is 21.7 Å². The number of halogens is 1. The minimum atomic E-state index is -1.09. The van der Waals surface area contributed by atoms with E-state index in [4.69, 9.17) is 9.84 Å². The predicted molar refractivity (Wildman–Crippen MR) is 100 cm³/mol. The van der Waals surface area contributed by atoms with Crippen LogP contribution in [0.25, 0.3) is 0 Å². The van der Waals surface area contributed by atoms with Crippen LogP contribution in [-0.2, 0) is 31.3 Å². The van der Waals surface area contributed by atoms with Crippen LogP contribution in [0, 0.1) is 5.82 Å². The van der Waals surface area contributed by atoms with Crippen molar-refractivity contribution in [2.75, 3.05) is 23.4 Å². The van der Waals surface area contributed by atoms with E-state index in [1.54, 1.807) is 10.7 Å². The topological polar surface area (TPSA) is 91.1 Å². The molecule has 0 aliphatic carbocycles. The summed E-state index contributed by atoms with van der Waals surface area (Å²) in [5.41, 5.74) is 3.86. The van der Waals surface area contributed by atoms with Gasteiger partial charge in [-0.15, -0.1) is 0 Å². The Labute approximate surface area is 165 Å². The Hall–Kier alpha value is -3.30. The van der Waals surface area contributed by atoms with Gasteiger partial charge in [-0.25, -0.2) is 14.0 Å². The van der Waals surface area contributed by atoms with Crippen molar-refractivity contribution in [2.45, 2.75) is 31.7 Å². The van der Waals surface area contributed by atoms with Gasteiger partial charge >= 0.3 is 12.2 Å². The molecule has 5 rings (SSSR count). The highest BCUT2D eigenvalue weighted by Gasteiger charge is 2.48. The molecule has 1 saturated heterocycles. The van der Waals surface area contributed by atoms with Crippen molar-refractivity contribution >= 4 is 23.6 Å². The molecule has 4 heterocycles. The third-order valence-corrected chi connectivity index (χ3v) is 5.86. The van der Waals surface area contributed by atoms with Gasteiger partial charge < -0.3 is 19.6 Å². The lowest BCUT2D eigenvalue weighted by atomic mass is 10.0. The molecule has 29 heavy (non-hydrogen) atoms. The number of cyclic esters (lactones) is 1. The van der Waals surface area contributed by atoms with E-state index in [1.165, 1.54) is 18.0 Å². The van der Waals surface area contributed by atoms with E-state index >= 15 is 0 Å². The maximum absolute atomic E-state index is 15.0. The molecule has 0 saturated carbocycles. The number of aryl methyl sites for hydroxylation is 1. The molecule has 0 spiro atoms. The molecule has 0 unspecified atom stereocenters. The number of aromatic nitrogens is 2. The van der Waals surface area contributed by atoms with Gasteiger partial charge in [0, 0.05) is 38.5 Å². The minimum absolute atomic E-state index is 0.0686. The Morgan fingerprint density at radius 2 is 2.14 bits per heavy atom. The number of rotatable bonds is 3. The Kier molecular flexibility index (Phi) is 3.74. The van der Waals surface area contributed by atoms with Crippen LogP contribution in [0.1, 0.15) is 16.8 Å². The lowest BCUT2D eigenvalue weighted by Gasteiger charge is -2.21. The molecular formula is C19H20FN5O4. The SMILES string of the molecule is CN(C[C@@H]1OC(=O)N2c3cc(F)c(N4Cc5cn(C)nc5C4)cc3C[C@@H]12)C(=O)O. The van der Waals surface area contributed by atoms with Crippen LogP contribution < -0.4 is 9.80 Å². The number of likely N-dealkylation sites (N-methyl/N-ethyl adjacent to an activating group) is 1. The van der Waals surface area contributed by atoms with Crippen molar-refractivity contribution in [3.05, 3.63) is 41.0 Å². The molecule has 9 nitrogen and oxygen atoms in total. The number of ether oxygens (including phenoxy) is 1. The van der Waals surface area contributed by atoms with Crippen LogP contribution in [0.3, 0.4) is 0 Å². The molecule has 1 fully saturated rings. The number of carboxylic acid groups (broad SMARTS) is 1. The van der Waals surface area contributed by atoms with E-state index < -0.39 is 24.1 Å². The third kappa shape index (κ3) is 2.70. The summed E-state index contributed by atoms with van der Waals surface area (Å²) < 4.78 is 22.1. The summed E-state index contributed by atoms with van der Waals surface area (Å²) in [6, 6.07) is 2.83. The molecule has 0 bridgehead atoms. The minimum Gasteiger partial charge on any atom is -0.465 e. The highest BCUT2D eigenvalue weighted by Crippen LogP contribution is 2.42. The fraction of sp³-hybridized carbons (Fsp3) is 0.421. The quantitative estimate of drug-likeness (QED) is 0.845. The maximum atomic E-state index is 15.0. The van der Waals surface area contributed by atoms with Crippen molar-refractivity contribution in [1.82, 2.24) is 14.7 Å². The average Bonchev–Trinajstić information content (AvgIpc) is 3.35. The normalized spacial score (nSPS) is 21.8. The number of hydrogen-bond donors (Lipinski definition) is 1. The number of hydrogen-bond acceptors (Lipinski definition) is 5. The summed E-state index contributed by atoms with van der Waals surface area (Å²) >= 11 is 0. The Bertz CT molecular complexity index is 1010. The van der Waals surface area contributed by atoms with E-state index in [2.05, 4.69) is 5.10 Å². The molecule has 1 N–H and O–H groups in total. The summed E-state index contributed by atoms with van der Waals surface area (Å²) in [4.78, 5) is 28.0. The van der Waals surface area contributed by atoms with Crippen LogP contribution in [0.2, 0.25) is 0 Å². The number of carbonyl (C=O) groups excluding carboxylic acids is 1. The summed E-state index contributed by atoms with van der Waals surface area (Å²) in [5, 5.41) is 13.5. The first-order valence-electron chi connectivity index (χ1n) is 9.34. The third-order valence-electron chi connectivity index (χ3n) is 5.86. The Morgan fingerprint density at radius 3 is 2.86 bits per heavy atom. The fourth-order valence-electron chi connectivity index (χ4n) is 4.48. The smallest absolute Gasteiger partial charge is 0.415 e. The van der Waals surface area contributed by atoms with Gasteiger partial charge in [0.2, 0.25) is 0 Å². The fourth-order valence-corrected chi connectivity index (χ4v) is 4.48. The molecule has 1 aromatic carbocycles. The second-order valence-electron chi connectivity index (χ2n) is 7.79. The number of anilines is 2. The number of carbonyl (C=O) groups is 2. The van der Waals surface area contributed by atoms with Gasteiger partial charge in [0.15, 0.2) is 0 Å². The van der Waals surface area contributed by atoms with Crippen molar-refractivity contribution in [1.29, 1.82) is 0 Å². The molecule has 2 aromatic rings. The number of fused-ring (bicyclic) bond motifs is 4. The number of benzene rings is 1. The first-order valence-corrected chi connectivity index (χ1v) is 9.34. The molecule has 2 amide bonds. The Morgan fingerprint density at radius 1 is 1.34 bits per heavy atom. The van der Waals surface area contributed by atoms with Gasteiger partial charge in [-0.2, -0.15) is 5.10 Å². The monoisotopic (exact) mass is 401 g/mol. The molecule has 2 atom stereocenters. The van der Waals surface area contributed by atoms with Gasteiger partial charge in [0.25, 0.3) is 0 Å². The zero-order chi connectivity index (χ0) is 20.4. The van der Waals surface area contributed by atoms with Crippen molar-refractivity contribution in [2.24, 2.45) is 7.05 Å². The second kappa shape index (κ2) is 6.10. The molecular weight excluding hydrogens is 381 g/mol. The second-order valence-corrected chi connectivity index (χ2v) is 7.79. The molecule has 1 aromatic heterocycles. The largest absolute Gasteiger partial charge is 0.465 e. The highest BCUT2D eigenvalue weighted by molar-refractivity contribution is 5.94. The summed E-state index contributed by atoms with van der Waals surface area (Å²) in [7, 11) is 3.29. The van der Waals surface area contributed by atoms with E-state index in [1.807, 2.05) is 18.1 Å². The maximum Gasteiger partial charge on any atom is 0.415 e. The van der Waals surface area contributed by atoms with Crippen molar-refractivity contribution < 1.29 is 23.8 Å². The Balaban J connectivity index is 1.41. The van der Waals surface area contributed by atoms with Gasteiger partial charge in [-0.05, 0) is 18.1 Å². The van der Waals surface area contributed by atoms with Crippen LogP contribution in [-0.4, -0.2) is 57.7 Å². The summed E-state index contributed by atoms with van der Waals surface area (Å²) in [6.45, 7) is 1.19. The lowest BCUT2D eigenvalue weighted by molar-refractivity contribution is 0.0961. The van der Waals surface area contributed by atoms with E-state index in [9.17, 15) is 14.0 Å². The average molecular weight is 401 g/mol. The zero-order valence-corrected chi connectivity index (χ0v) is 16.0. The van der Waals surface area contributed by atoms with Gasteiger partial charge in [0.05, 0.1) is 36.2 Å². The molecule has 3 aliphatic rings. The standard InChI is InChI=1S/C19H20FN5O4/c1-22(18(26)27)9-17-16-4-10-3-15(12(20)5-14(10)25(16)19(28)29-17)24-7-11-6-23(2)21-13(11)8-24/h3,5-6,16-17H,4,7-9H2,1-2H3,(H,26,27)/t16-,17-/m0/s1. The highest BCUT2D eigenvalue weighted by atomic mass is 19.1. The zero-order valence-electron chi connectivity index (χ0n) is 16.0. The number of nitrogens with zero attached hydrogens (tertiary/aromatic N) is 5. The van der Waals surface area contributed by atoms with Gasteiger partial charge in [-0.3, -0.25) is 9.58 Å².